The van der Waals surface area contributed by atoms with Crippen LogP contribution in [0.4, 0.5) is 0 Å². The number of carbonyl (C=O) groups excluding carboxylic acids is 1. The maximum absolute atomic E-state index is 12.2. The average Bonchev–Trinajstić information content (AvgIpc) is 2.85. The first-order chi connectivity index (χ1) is 9.11. The third-order valence-electron chi connectivity index (χ3n) is 4.25. The van der Waals surface area contributed by atoms with E-state index in [1.165, 1.54) is 12.8 Å². The smallest absolute Gasteiger partial charge is 0.193 e. The zero-order chi connectivity index (χ0) is 13.8. The molecule has 1 fully saturated rings. The van der Waals surface area contributed by atoms with Gasteiger partial charge in [0.1, 0.15) is 0 Å². The fourth-order valence-corrected chi connectivity index (χ4v) is 2.86. The molecule has 0 amide bonds. The van der Waals surface area contributed by atoms with Crippen molar-refractivity contribution in [3.05, 3.63) is 24.0 Å². The number of aromatic nitrogens is 1. The molecular formula is C15H25N3O. The molecule has 106 valence electrons. The summed E-state index contributed by atoms with van der Waals surface area (Å²) in [4.78, 5) is 16.9. The van der Waals surface area contributed by atoms with Crippen LogP contribution in [0.2, 0.25) is 0 Å². The van der Waals surface area contributed by atoms with E-state index in [9.17, 15) is 4.79 Å². The Kier molecular flexibility index (Phi) is 4.77. The first-order valence-corrected chi connectivity index (χ1v) is 7.19. The fourth-order valence-electron chi connectivity index (χ4n) is 2.86. The maximum atomic E-state index is 12.2. The van der Waals surface area contributed by atoms with Crippen molar-refractivity contribution in [1.82, 2.24) is 14.4 Å². The van der Waals surface area contributed by atoms with E-state index in [1.807, 2.05) is 29.9 Å². The van der Waals surface area contributed by atoms with E-state index in [-0.39, 0.29) is 5.78 Å². The minimum atomic E-state index is 0.216. The number of likely N-dealkylation sites (tertiary alicyclic amines) is 1. The molecule has 0 aromatic carbocycles. The van der Waals surface area contributed by atoms with E-state index < -0.39 is 0 Å². The Morgan fingerprint density at radius 2 is 2.11 bits per heavy atom. The molecule has 0 unspecified atom stereocenters. The number of ketones is 1. The van der Waals surface area contributed by atoms with Crippen LogP contribution in [-0.4, -0.2) is 59.4 Å². The summed E-state index contributed by atoms with van der Waals surface area (Å²) in [5.74, 6) is 0.216. The van der Waals surface area contributed by atoms with Crippen molar-refractivity contribution < 1.29 is 4.79 Å². The van der Waals surface area contributed by atoms with Crippen molar-refractivity contribution in [3.8, 4) is 0 Å². The van der Waals surface area contributed by atoms with Crippen molar-refractivity contribution in [2.45, 2.75) is 25.8 Å². The number of Topliss-reactive ketones (excluding diaryl/α,β-unsaturated/α-hetero) is 1. The Bertz CT molecular complexity index is 419. The summed E-state index contributed by atoms with van der Waals surface area (Å²) in [6, 6.07) is 4.37. The predicted molar refractivity (Wildman–Crippen MR) is 77.5 cm³/mol. The lowest BCUT2D eigenvalue weighted by Crippen LogP contribution is -2.44. The van der Waals surface area contributed by atoms with Crippen LogP contribution in [0.25, 0.3) is 0 Å². The van der Waals surface area contributed by atoms with E-state index >= 15 is 0 Å². The lowest BCUT2D eigenvalue weighted by Gasteiger charge is -2.36. The quantitative estimate of drug-likeness (QED) is 0.756. The van der Waals surface area contributed by atoms with Gasteiger partial charge in [-0.1, -0.05) is 6.92 Å². The first kappa shape index (κ1) is 14.3. The highest BCUT2D eigenvalue weighted by Crippen LogP contribution is 2.15. The first-order valence-electron chi connectivity index (χ1n) is 7.19. The molecule has 0 atom stereocenters. The number of hydrogen-bond acceptors (Lipinski definition) is 3. The zero-order valence-corrected chi connectivity index (χ0v) is 12.3. The van der Waals surface area contributed by atoms with Gasteiger partial charge in [-0.05, 0) is 51.7 Å². The third kappa shape index (κ3) is 3.45. The molecule has 19 heavy (non-hydrogen) atoms. The molecule has 1 aliphatic heterocycles. The van der Waals surface area contributed by atoms with Gasteiger partial charge >= 0.3 is 0 Å². The lowest BCUT2D eigenvalue weighted by molar-refractivity contribution is 0.0851. The van der Waals surface area contributed by atoms with Crippen LogP contribution in [0.3, 0.4) is 0 Å². The summed E-state index contributed by atoms with van der Waals surface area (Å²) >= 11 is 0. The van der Waals surface area contributed by atoms with Gasteiger partial charge in [-0.2, -0.15) is 0 Å². The Morgan fingerprint density at radius 1 is 1.42 bits per heavy atom. The van der Waals surface area contributed by atoms with Crippen LogP contribution < -0.4 is 0 Å². The van der Waals surface area contributed by atoms with Gasteiger partial charge in [-0.15, -0.1) is 0 Å². The monoisotopic (exact) mass is 263 g/mol. The highest BCUT2D eigenvalue weighted by Gasteiger charge is 2.23. The van der Waals surface area contributed by atoms with Gasteiger partial charge in [0.2, 0.25) is 0 Å². The molecule has 0 radical (unpaired) electrons. The molecule has 0 N–H and O–H groups in total. The molecule has 1 saturated heterocycles. The van der Waals surface area contributed by atoms with Crippen molar-refractivity contribution >= 4 is 5.78 Å². The second-order valence-electron chi connectivity index (χ2n) is 5.51. The highest BCUT2D eigenvalue weighted by atomic mass is 16.1. The summed E-state index contributed by atoms with van der Waals surface area (Å²) < 4.78 is 1.90. The van der Waals surface area contributed by atoms with Gasteiger partial charge < -0.3 is 9.47 Å². The largest absolute Gasteiger partial charge is 0.348 e. The second kappa shape index (κ2) is 6.35. The SMILES string of the molecule is CCN1CCC(N(C)CC(=O)c2cccn2C)CC1. The van der Waals surface area contributed by atoms with Gasteiger partial charge in [0, 0.05) is 19.3 Å². The number of carbonyl (C=O) groups is 1. The molecular weight excluding hydrogens is 238 g/mol. The van der Waals surface area contributed by atoms with E-state index in [0.29, 0.717) is 12.6 Å². The second-order valence-corrected chi connectivity index (χ2v) is 5.51. The Labute approximate surface area is 116 Å². The summed E-state index contributed by atoms with van der Waals surface area (Å²) in [7, 11) is 4.00. The van der Waals surface area contributed by atoms with E-state index in [1.54, 1.807) is 0 Å². The summed E-state index contributed by atoms with van der Waals surface area (Å²) in [5, 5.41) is 0. The summed E-state index contributed by atoms with van der Waals surface area (Å²) in [6.45, 7) is 6.18. The molecule has 0 bridgehead atoms. The summed E-state index contributed by atoms with van der Waals surface area (Å²) in [5.41, 5.74) is 0.804. The minimum absolute atomic E-state index is 0.216. The molecule has 0 aliphatic carbocycles. The van der Waals surface area contributed by atoms with Crippen LogP contribution in [0.5, 0.6) is 0 Å². The number of likely N-dealkylation sites (N-methyl/N-ethyl adjacent to an activating group) is 1. The van der Waals surface area contributed by atoms with Crippen molar-refractivity contribution in [2.24, 2.45) is 7.05 Å². The van der Waals surface area contributed by atoms with E-state index in [2.05, 4.69) is 23.8 Å². The summed E-state index contributed by atoms with van der Waals surface area (Å²) in [6.07, 6.45) is 4.27. The van der Waals surface area contributed by atoms with Gasteiger partial charge in [0.05, 0.1) is 12.2 Å². The molecule has 2 heterocycles. The molecule has 1 aromatic heterocycles. The van der Waals surface area contributed by atoms with Crippen LogP contribution in [0.15, 0.2) is 18.3 Å². The molecule has 0 spiro atoms. The molecule has 0 saturated carbocycles. The molecule has 4 heteroatoms. The minimum Gasteiger partial charge on any atom is -0.348 e. The zero-order valence-electron chi connectivity index (χ0n) is 12.3. The number of piperidine rings is 1. The maximum Gasteiger partial charge on any atom is 0.193 e. The van der Waals surface area contributed by atoms with Crippen LogP contribution in [-0.2, 0) is 7.05 Å². The number of aryl methyl sites for hydroxylation is 1. The topological polar surface area (TPSA) is 28.5 Å². The lowest BCUT2D eigenvalue weighted by atomic mass is 10.0. The van der Waals surface area contributed by atoms with Crippen LogP contribution in [0.1, 0.15) is 30.3 Å². The van der Waals surface area contributed by atoms with Crippen molar-refractivity contribution in [2.75, 3.05) is 33.2 Å². The van der Waals surface area contributed by atoms with E-state index in [4.69, 9.17) is 0 Å². The van der Waals surface area contributed by atoms with Gasteiger partial charge in [-0.25, -0.2) is 0 Å². The fraction of sp³-hybridized carbons (Fsp3) is 0.667. The third-order valence-corrected chi connectivity index (χ3v) is 4.25. The van der Waals surface area contributed by atoms with Gasteiger partial charge in [0.25, 0.3) is 0 Å². The van der Waals surface area contributed by atoms with Crippen molar-refractivity contribution in [1.29, 1.82) is 0 Å². The Morgan fingerprint density at radius 3 is 2.63 bits per heavy atom. The number of rotatable bonds is 5. The average molecular weight is 263 g/mol. The molecule has 1 aliphatic rings. The molecule has 1 aromatic rings. The van der Waals surface area contributed by atoms with Crippen molar-refractivity contribution in [3.63, 3.8) is 0 Å². The number of nitrogens with zero attached hydrogens (tertiary/aromatic N) is 3. The standard InChI is InChI=1S/C15H25N3O/c1-4-18-10-7-13(8-11-18)17(3)12-15(19)14-6-5-9-16(14)2/h5-6,9,13H,4,7-8,10-12H2,1-3H3. The molecule has 2 rings (SSSR count). The van der Waals surface area contributed by atoms with E-state index in [0.717, 1.165) is 25.3 Å². The predicted octanol–water partition coefficient (Wildman–Crippen LogP) is 1.62. The van der Waals surface area contributed by atoms with Gasteiger partial charge in [-0.3, -0.25) is 9.69 Å². The van der Waals surface area contributed by atoms with Crippen LogP contribution in [0, 0.1) is 0 Å². The Balaban J connectivity index is 1.86. The van der Waals surface area contributed by atoms with Crippen LogP contribution >= 0.6 is 0 Å². The number of hydrogen-bond donors (Lipinski definition) is 0. The molecule has 4 nitrogen and oxygen atoms in total. The Hall–Kier alpha value is -1.13. The highest BCUT2D eigenvalue weighted by molar-refractivity contribution is 5.96. The normalized spacial score (nSPS) is 18.1. The van der Waals surface area contributed by atoms with Gasteiger partial charge in [0.15, 0.2) is 5.78 Å².